The quantitative estimate of drug-likeness (QED) is 0.241. The topological polar surface area (TPSA) is 162 Å². The minimum Gasteiger partial charge on any atom is -0.480 e. The molecule has 0 aromatic carbocycles. The summed E-state index contributed by atoms with van der Waals surface area (Å²) in [5, 5.41) is 26.5. The van der Waals surface area contributed by atoms with Gasteiger partial charge >= 0.3 is 12.1 Å². The predicted molar refractivity (Wildman–Crippen MR) is 124 cm³/mol. The number of carboxylic acid groups (broad SMARTS) is 1. The molecular weight excluding hydrogens is 550 g/mol. The van der Waals surface area contributed by atoms with E-state index in [0.29, 0.717) is 11.1 Å². The van der Waals surface area contributed by atoms with Crippen LogP contribution in [-0.2, 0) is 11.0 Å². The molecule has 0 bridgehead atoms. The fourth-order valence-corrected chi connectivity index (χ4v) is 4.04. The Morgan fingerprint density at radius 1 is 1.17 bits per heavy atom. The fourth-order valence-electron chi connectivity index (χ4n) is 2.74. The van der Waals surface area contributed by atoms with Crippen molar-refractivity contribution in [2.24, 2.45) is 0 Å². The fraction of sp³-hybridized carbons (Fsp3) is 0.263. The van der Waals surface area contributed by atoms with Crippen LogP contribution in [0.3, 0.4) is 0 Å². The SMILES string of the molecule is CC(NC(O)c1ncnc(NCC(=O)O)c1Cl)c1ncc(C(=O)Nc2cc(C(F)(F)F)c(Cl)cn2)s1. The number of anilines is 2. The summed E-state index contributed by atoms with van der Waals surface area (Å²) in [7, 11) is 0. The second-order valence-corrected chi connectivity index (χ2v) is 8.87. The van der Waals surface area contributed by atoms with E-state index in [1.807, 2.05) is 0 Å². The first-order chi connectivity index (χ1) is 16.9. The highest BCUT2D eigenvalue weighted by atomic mass is 35.5. The zero-order valence-corrected chi connectivity index (χ0v) is 20.3. The van der Waals surface area contributed by atoms with Crippen molar-refractivity contribution in [2.45, 2.75) is 25.4 Å². The molecule has 0 saturated carbocycles. The molecule has 11 nitrogen and oxygen atoms in total. The number of aliphatic hydroxyl groups excluding tert-OH is 1. The molecule has 5 N–H and O–H groups in total. The lowest BCUT2D eigenvalue weighted by Crippen LogP contribution is -2.26. The van der Waals surface area contributed by atoms with Crippen LogP contribution in [0.4, 0.5) is 24.8 Å². The third-order valence-corrected chi connectivity index (χ3v) is 6.26. The van der Waals surface area contributed by atoms with Gasteiger partial charge in [-0.2, -0.15) is 13.2 Å². The predicted octanol–water partition coefficient (Wildman–Crippen LogP) is 3.74. The van der Waals surface area contributed by atoms with Gasteiger partial charge in [-0.25, -0.2) is 19.9 Å². The Balaban J connectivity index is 1.68. The number of aromatic nitrogens is 4. The number of aliphatic carboxylic acids is 1. The number of nitrogens with zero attached hydrogens (tertiary/aromatic N) is 4. The van der Waals surface area contributed by atoms with E-state index in [9.17, 15) is 27.9 Å². The summed E-state index contributed by atoms with van der Waals surface area (Å²) in [6, 6.07) is -0.00758. The van der Waals surface area contributed by atoms with E-state index in [-0.39, 0.29) is 27.2 Å². The number of amides is 1. The summed E-state index contributed by atoms with van der Waals surface area (Å²) in [5.74, 6) is -2.23. The molecule has 192 valence electrons. The molecular formula is C19H16Cl2F3N7O4S. The first-order valence-electron chi connectivity index (χ1n) is 9.76. The van der Waals surface area contributed by atoms with E-state index in [1.54, 1.807) is 6.92 Å². The van der Waals surface area contributed by atoms with Crippen LogP contribution in [0.25, 0.3) is 0 Å². The van der Waals surface area contributed by atoms with Crippen molar-refractivity contribution in [3.05, 3.63) is 56.0 Å². The number of hydrogen-bond donors (Lipinski definition) is 5. The Bertz CT molecular complexity index is 1280. The van der Waals surface area contributed by atoms with Gasteiger partial charge in [0.05, 0.1) is 22.8 Å². The molecule has 3 heterocycles. The Kier molecular flexibility index (Phi) is 8.63. The van der Waals surface area contributed by atoms with Gasteiger partial charge in [0, 0.05) is 6.20 Å². The number of halogens is 5. The smallest absolute Gasteiger partial charge is 0.418 e. The summed E-state index contributed by atoms with van der Waals surface area (Å²) < 4.78 is 39.1. The van der Waals surface area contributed by atoms with Crippen LogP contribution in [0.5, 0.6) is 0 Å². The summed E-state index contributed by atoms with van der Waals surface area (Å²) in [6.45, 7) is 1.17. The van der Waals surface area contributed by atoms with E-state index in [2.05, 4.69) is 35.9 Å². The number of nitrogens with one attached hydrogen (secondary N) is 3. The molecule has 3 aromatic rings. The molecule has 0 aliphatic carbocycles. The number of carboxylic acids is 1. The van der Waals surface area contributed by atoms with Crippen LogP contribution < -0.4 is 16.0 Å². The third kappa shape index (κ3) is 6.76. The largest absolute Gasteiger partial charge is 0.480 e. The second-order valence-electron chi connectivity index (χ2n) is 7.02. The van der Waals surface area contributed by atoms with Crippen molar-refractivity contribution in [1.29, 1.82) is 0 Å². The van der Waals surface area contributed by atoms with Crippen LogP contribution in [-0.4, -0.2) is 48.6 Å². The lowest BCUT2D eigenvalue weighted by molar-refractivity contribution is -0.137. The number of carbonyl (C=O) groups excluding carboxylic acids is 1. The number of carbonyl (C=O) groups is 2. The first-order valence-corrected chi connectivity index (χ1v) is 11.3. The Morgan fingerprint density at radius 2 is 1.89 bits per heavy atom. The van der Waals surface area contributed by atoms with Crippen molar-refractivity contribution in [3.63, 3.8) is 0 Å². The van der Waals surface area contributed by atoms with Crippen molar-refractivity contribution >= 4 is 58.1 Å². The van der Waals surface area contributed by atoms with Crippen molar-refractivity contribution < 1.29 is 33.0 Å². The average molecular weight is 566 g/mol. The van der Waals surface area contributed by atoms with Gasteiger partial charge in [0.15, 0.2) is 0 Å². The standard InChI is InChI=1S/C19H16Cl2F3N7O4S/c1-7(30-17(35)14-13(21)15(29-6-28-14)26-5-12(32)33)18-27-4-10(36-18)16(34)31-11-2-8(19(22,23)24)9(20)3-25-11/h2-4,6-7,17,30,35H,5H2,1H3,(H,32,33)(H,25,31,34)(H,26,28,29). The molecule has 0 saturated heterocycles. The van der Waals surface area contributed by atoms with E-state index >= 15 is 0 Å². The van der Waals surface area contributed by atoms with Crippen LogP contribution >= 0.6 is 34.5 Å². The lowest BCUT2D eigenvalue weighted by atomic mass is 10.2. The van der Waals surface area contributed by atoms with Crippen molar-refractivity contribution in [3.8, 4) is 0 Å². The molecule has 1 amide bonds. The molecule has 2 unspecified atom stereocenters. The maximum atomic E-state index is 13.0. The Morgan fingerprint density at radius 3 is 2.56 bits per heavy atom. The maximum Gasteiger partial charge on any atom is 0.418 e. The van der Waals surface area contributed by atoms with Gasteiger partial charge < -0.3 is 20.8 Å². The number of hydrogen-bond acceptors (Lipinski definition) is 10. The van der Waals surface area contributed by atoms with E-state index in [1.165, 1.54) is 6.20 Å². The number of thiazole rings is 1. The highest BCUT2D eigenvalue weighted by Gasteiger charge is 2.34. The minimum atomic E-state index is -4.72. The van der Waals surface area contributed by atoms with Crippen LogP contribution in [0.2, 0.25) is 10.0 Å². The van der Waals surface area contributed by atoms with Gasteiger partial charge in [-0.3, -0.25) is 14.9 Å². The maximum absolute atomic E-state index is 13.0. The normalized spacial score (nSPS) is 13.2. The Labute approximate surface area is 214 Å². The van der Waals surface area contributed by atoms with Crippen LogP contribution in [0.1, 0.15) is 45.1 Å². The van der Waals surface area contributed by atoms with Gasteiger partial charge in [0.1, 0.15) is 51.3 Å². The van der Waals surface area contributed by atoms with Crippen molar-refractivity contribution in [2.75, 3.05) is 17.2 Å². The first kappa shape index (κ1) is 27.5. The summed E-state index contributed by atoms with van der Waals surface area (Å²) >= 11 is 12.6. The zero-order valence-electron chi connectivity index (χ0n) is 18.0. The molecule has 0 fully saturated rings. The second kappa shape index (κ2) is 11.3. The molecule has 3 rings (SSSR count). The number of pyridine rings is 1. The molecule has 2 atom stereocenters. The van der Waals surface area contributed by atoms with Crippen LogP contribution in [0.15, 0.2) is 24.8 Å². The molecule has 0 radical (unpaired) electrons. The zero-order chi connectivity index (χ0) is 26.6. The summed E-state index contributed by atoms with van der Waals surface area (Å²) in [5.41, 5.74) is -1.17. The third-order valence-electron chi connectivity index (χ3n) is 4.41. The van der Waals surface area contributed by atoms with Gasteiger partial charge in [-0.15, -0.1) is 11.3 Å². The lowest BCUT2D eigenvalue weighted by Gasteiger charge is -2.18. The number of rotatable bonds is 9. The summed E-state index contributed by atoms with van der Waals surface area (Å²) in [6.07, 6.45) is -3.06. The van der Waals surface area contributed by atoms with Crippen molar-refractivity contribution in [1.82, 2.24) is 25.3 Å². The number of alkyl halides is 3. The molecule has 36 heavy (non-hydrogen) atoms. The minimum absolute atomic E-state index is 0.00950. The molecule has 17 heteroatoms. The van der Waals surface area contributed by atoms with E-state index < -0.39 is 47.5 Å². The van der Waals surface area contributed by atoms with Gasteiger partial charge in [0.2, 0.25) is 0 Å². The Hall–Kier alpha value is -3.11. The van der Waals surface area contributed by atoms with Crippen LogP contribution in [0, 0.1) is 0 Å². The molecule has 3 aromatic heterocycles. The highest BCUT2D eigenvalue weighted by molar-refractivity contribution is 7.13. The molecule has 0 aliphatic rings. The number of aliphatic hydroxyl groups is 1. The van der Waals surface area contributed by atoms with E-state index in [0.717, 1.165) is 23.9 Å². The van der Waals surface area contributed by atoms with E-state index in [4.69, 9.17) is 28.3 Å². The monoisotopic (exact) mass is 565 g/mol. The summed E-state index contributed by atoms with van der Waals surface area (Å²) in [4.78, 5) is 38.8. The average Bonchev–Trinajstić information content (AvgIpc) is 3.29. The highest BCUT2D eigenvalue weighted by Crippen LogP contribution is 2.35. The molecule has 0 spiro atoms. The molecule has 0 aliphatic heterocycles. The van der Waals surface area contributed by atoms with Gasteiger partial charge in [-0.05, 0) is 13.0 Å². The van der Waals surface area contributed by atoms with Gasteiger partial charge in [-0.1, -0.05) is 23.2 Å². The van der Waals surface area contributed by atoms with Gasteiger partial charge in [0.25, 0.3) is 5.91 Å².